The van der Waals surface area contributed by atoms with E-state index in [0.717, 1.165) is 44.8 Å². The van der Waals surface area contributed by atoms with E-state index in [1.807, 2.05) is 30.3 Å². The second-order valence-corrected chi connectivity index (χ2v) is 6.72. The number of benzene rings is 2. The first-order valence-electron chi connectivity index (χ1n) is 9.65. The van der Waals surface area contributed by atoms with Crippen LogP contribution in [0.25, 0.3) is 0 Å². The van der Waals surface area contributed by atoms with E-state index in [-0.39, 0.29) is 11.9 Å². The molecule has 0 atom stereocenters. The van der Waals surface area contributed by atoms with E-state index < -0.39 is 0 Å². The number of hydrogen-bond acceptors (Lipinski definition) is 4. The van der Waals surface area contributed by atoms with Crippen molar-refractivity contribution < 1.29 is 9.59 Å². The molecule has 2 aromatic rings. The van der Waals surface area contributed by atoms with Gasteiger partial charge in [0.2, 0.25) is 0 Å². The summed E-state index contributed by atoms with van der Waals surface area (Å²) in [6.45, 7) is 5.87. The minimum Gasteiger partial charge on any atom is -0.352 e. The maximum absolute atomic E-state index is 12.2. The van der Waals surface area contributed by atoms with Gasteiger partial charge in [-0.05, 0) is 49.4 Å². The first-order valence-corrected chi connectivity index (χ1v) is 9.65. The molecule has 0 saturated carbocycles. The van der Waals surface area contributed by atoms with E-state index in [4.69, 9.17) is 0 Å². The highest BCUT2D eigenvalue weighted by Gasteiger charge is 2.10. The van der Waals surface area contributed by atoms with E-state index in [0.29, 0.717) is 17.8 Å². The molecule has 7 nitrogen and oxygen atoms in total. The third-order valence-corrected chi connectivity index (χ3v) is 4.58. The predicted octanol–water partition coefficient (Wildman–Crippen LogP) is 2.36. The van der Waals surface area contributed by atoms with Gasteiger partial charge in [-0.2, -0.15) is 0 Å². The topological polar surface area (TPSA) is 85.5 Å². The summed E-state index contributed by atoms with van der Waals surface area (Å²) in [5.74, 6) is -0.0967. The van der Waals surface area contributed by atoms with Gasteiger partial charge in [0, 0.05) is 49.7 Å². The normalized spacial score (nSPS) is 14.3. The van der Waals surface area contributed by atoms with Gasteiger partial charge >= 0.3 is 6.03 Å². The molecule has 0 aromatic heterocycles. The lowest BCUT2D eigenvalue weighted by Crippen LogP contribution is -2.44. The maximum atomic E-state index is 12.2. The summed E-state index contributed by atoms with van der Waals surface area (Å²) >= 11 is 0. The van der Waals surface area contributed by atoms with Crippen LogP contribution in [0.15, 0.2) is 54.6 Å². The minimum absolute atomic E-state index is 0.0967. The molecule has 2 aromatic carbocycles. The van der Waals surface area contributed by atoms with Crippen molar-refractivity contribution in [3.05, 3.63) is 60.2 Å². The zero-order valence-electron chi connectivity index (χ0n) is 15.9. The zero-order valence-corrected chi connectivity index (χ0v) is 15.9. The van der Waals surface area contributed by atoms with Gasteiger partial charge < -0.3 is 26.2 Å². The largest absolute Gasteiger partial charge is 0.352 e. The van der Waals surface area contributed by atoms with Gasteiger partial charge in [0.1, 0.15) is 0 Å². The summed E-state index contributed by atoms with van der Waals surface area (Å²) < 4.78 is 0. The molecule has 1 aliphatic heterocycles. The van der Waals surface area contributed by atoms with Crippen LogP contribution in [-0.4, -0.2) is 56.1 Å². The molecule has 0 spiro atoms. The number of para-hydroxylation sites is 1. The molecule has 3 rings (SSSR count). The lowest BCUT2D eigenvalue weighted by molar-refractivity contribution is 0.0951. The van der Waals surface area contributed by atoms with E-state index >= 15 is 0 Å². The Bertz CT molecular complexity index is 758. The molecule has 0 aliphatic carbocycles. The average Bonchev–Trinajstić information content (AvgIpc) is 2.73. The highest BCUT2D eigenvalue weighted by molar-refractivity contribution is 6.00. The summed E-state index contributed by atoms with van der Waals surface area (Å²) in [5, 5.41) is 11.8. The molecule has 4 N–H and O–H groups in total. The monoisotopic (exact) mass is 381 g/mol. The lowest BCUT2D eigenvalue weighted by Gasteiger charge is -2.27. The molecule has 1 saturated heterocycles. The second kappa shape index (κ2) is 10.4. The summed E-state index contributed by atoms with van der Waals surface area (Å²) in [5.41, 5.74) is 1.93. The molecule has 0 radical (unpaired) electrons. The van der Waals surface area contributed by atoms with Crippen molar-refractivity contribution in [2.75, 3.05) is 49.9 Å². The number of anilines is 2. The van der Waals surface area contributed by atoms with Crippen molar-refractivity contribution in [2.24, 2.45) is 0 Å². The molecule has 1 aliphatic rings. The van der Waals surface area contributed by atoms with Gasteiger partial charge in [0.15, 0.2) is 0 Å². The van der Waals surface area contributed by atoms with Crippen LogP contribution >= 0.6 is 0 Å². The van der Waals surface area contributed by atoms with Crippen molar-refractivity contribution in [2.45, 2.75) is 6.42 Å². The first kappa shape index (κ1) is 19.9. The Kier molecular flexibility index (Phi) is 7.40. The van der Waals surface area contributed by atoms with Crippen LogP contribution in [0.1, 0.15) is 16.8 Å². The van der Waals surface area contributed by atoms with Crippen LogP contribution in [0.5, 0.6) is 0 Å². The van der Waals surface area contributed by atoms with Crippen molar-refractivity contribution in [1.29, 1.82) is 0 Å². The van der Waals surface area contributed by atoms with Crippen molar-refractivity contribution in [3.63, 3.8) is 0 Å². The van der Waals surface area contributed by atoms with Crippen LogP contribution in [-0.2, 0) is 0 Å². The van der Waals surface area contributed by atoms with Crippen LogP contribution in [0.2, 0.25) is 0 Å². The van der Waals surface area contributed by atoms with E-state index in [1.54, 1.807) is 24.3 Å². The molecule has 0 unspecified atom stereocenters. The number of carbonyl (C=O) groups excluding carboxylic acids is 2. The van der Waals surface area contributed by atoms with Crippen molar-refractivity contribution in [1.82, 2.24) is 15.5 Å². The van der Waals surface area contributed by atoms with Crippen LogP contribution in [0.3, 0.4) is 0 Å². The molecule has 0 bridgehead atoms. The average molecular weight is 381 g/mol. The van der Waals surface area contributed by atoms with Gasteiger partial charge in [-0.1, -0.05) is 18.2 Å². The molecule has 3 amide bonds. The third kappa shape index (κ3) is 6.37. The number of nitrogens with one attached hydrogen (secondary N) is 4. The fourth-order valence-corrected chi connectivity index (χ4v) is 3.06. The summed E-state index contributed by atoms with van der Waals surface area (Å²) in [6, 6.07) is 15.8. The van der Waals surface area contributed by atoms with E-state index in [2.05, 4.69) is 26.2 Å². The Balaban J connectivity index is 1.39. The molecule has 7 heteroatoms. The van der Waals surface area contributed by atoms with Gasteiger partial charge in [0.25, 0.3) is 5.91 Å². The molecule has 28 heavy (non-hydrogen) atoms. The summed E-state index contributed by atoms with van der Waals surface area (Å²) in [6.07, 6.45) is 0.936. The van der Waals surface area contributed by atoms with Crippen LogP contribution in [0.4, 0.5) is 16.2 Å². The Morgan fingerprint density at radius 2 is 1.54 bits per heavy atom. The molecule has 1 heterocycles. The highest BCUT2D eigenvalue weighted by Crippen LogP contribution is 2.11. The molecule has 148 valence electrons. The van der Waals surface area contributed by atoms with Gasteiger partial charge in [0.05, 0.1) is 0 Å². The zero-order chi connectivity index (χ0) is 19.6. The van der Waals surface area contributed by atoms with Gasteiger partial charge in [-0.15, -0.1) is 0 Å². The van der Waals surface area contributed by atoms with Crippen molar-refractivity contribution >= 4 is 23.3 Å². The van der Waals surface area contributed by atoms with Gasteiger partial charge in [-0.25, -0.2) is 4.79 Å². The molecular formula is C21H27N5O2. The Morgan fingerprint density at radius 1 is 0.893 bits per heavy atom. The third-order valence-electron chi connectivity index (χ3n) is 4.58. The Hall–Kier alpha value is -2.90. The lowest BCUT2D eigenvalue weighted by atomic mass is 10.2. The van der Waals surface area contributed by atoms with Crippen LogP contribution in [0, 0.1) is 0 Å². The number of nitrogens with zero attached hydrogens (tertiary/aromatic N) is 1. The van der Waals surface area contributed by atoms with Crippen LogP contribution < -0.4 is 21.3 Å². The number of rotatable bonds is 7. The standard InChI is InChI=1S/C21H27N5O2/c27-20(23-11-4-14-26-15-12-22-13-16-26)17-7-9-19(10-8-17)25-21(28)24-18-5-2-1-3-6-18/h1-3,5-10,22H,4,11-16H2,(H,23,27)(H2,24,25,28). The quantitative estimate of drug-likeness (QED) is 0.555. The maximum Gasteiger partial charge on any atom is 0.323 e. The number of carbonyl (C=O) groups is 2. The van der Waals surface area contributed by atoms with E-state index in [9.17, 15) is 9.59 Å². The Labute approximate surface area is 165 Å². The smallest absolute Gasteiger partial charge is 0.323 e. The molecular weight excluding hydrogens is 354 g/mol. The highest BCUT2D eigenvalue weighted by atomic mass is 16.2. The number of urea groups is 1. The first-order chi connectivity index (χ1) is 13.7. The fourth-order valence-electron chi connectivity index (χ4n) is 3.06. The fraction of sp³-hybridized carbons (Fsp3) is 0.333. The number of piperazine rings is 1. The summed E-state index contributed by atoms with van der Waals surface area (Å²) in [7, 11) is 0. The summed E-state index contributed by atoms with van der Waals surface area (Å²) in [4.78, 5) is 26.6. The number of amides is 3. The molecule has 1 fully saturated rings. The second-order valence-electron chi connectivity index (χ2n) is 6.72. The predicted molar refractivity (Wildman–Crippen MR) is 112 cm³/mol. The van der Waals surface area contributed by atoms with E-state index in [1.165, 1.54) is 0 Å². The Morgan fingerprint density at radius 3 is 2.21 bits per heavy atom. The SMILES string of the molecule is O=C(Nc1ccccc1)Nc1ccc(C(=O)NCCCN2CCNCC2)cc1. The van der Waals surface area contributed by atoms with Gasteiger partial charge in [-0.3, -0.25) is 4.79 Å². The van der Waals surface area contributed by atoms with Crippen molar-refractivity contribution in [3.8, 4) is 0 Å². The number of hydrogen-bond donors (Lipinski definition) is 4. The minimum atomic E-state index is -0.323.